The number of halogens is 1. The van der Waals surface area contributed by atoms with Crippen molar-refractivity contribution in [3.8, 4) is 0 Å². The Morgan fingerprint density at radius 1 is 0.810 bits per heavy atom. The van der Waals surface area contributed by atoms with Gasteiger partial charge >= 0.3 is 0 Å². The average Bonchev–Trinajstić information content (AvgIpc) is 2.82. The van der Waals surface area contributed by atoms with Crippen LogP contribution in [0.15, 0.2) is 54.6 Å². The van der Waals surface area contributed by atoms with Crippen LogP contribution in [0, 0.1) is 0 Å². The minimum atomic E-state index is 0. The van der Waals surface area contributed by atoms with E-state index < -0.39 is 0 Å². The lowest BCUT2D eigenvalue weighted by Gasteiger charge is -2.23. The molecule has 3 rings (SSSR count). The number of benzene rings is 2. The summed E-state index contributed by atoms with van der Waals surface area (Å²) in [5.41, 5.74) is 6.48. The molecule has 0 bridgehead atoms. The van der Waals surface area contributed by atoms with Crippen molar-refractivity contribution in [2.75, 3.05) is 21.1 Å². The van der Waals surface area contributed by atoms with Gasteiger partial charge in [-0.1, -0.05) is 36.4 Å². The fraction of sp³-hybridized carbons (Fsp3) is 0.158. The lowest BCUT2D eigenvalue weighted by Crippen LogP contribution is -3.00. The molecule has 0 aliphatic heterocycles. The molecule has 1 aliphatic carbocycles. The van der Waals surface area contributed by atoms with Crippen LogP contribution in [0.4, 0.5) is 5.69 Å². The summed E-state index contributed by atoms with van der Waals surface area (Å²) in [6, 6.07) is 17.3. The standard InChI is InChI=1S/C19H20N.HI/c1-20(2,3)18-12-8-15(9-13-18)14-17-11-10-16-6-4-5-7-19(16)17;/h4-14H,1-3H3;1H/q+1;/p-1/b17-14-;. The zero-order chi connectivity index (χ0) is 14.2. The molecule has 0 saturated heterocycles. The molecule has 0 aromatic heterocycles. The predicted octanol–water partition coefficient (Wildman–Crippen LogP) is 1.45. The van der Waals surface area contributed by atoms with Crippen molar-refractivity contribution in [1.29, 1.82) is 0 Å². The first kappa shape index (κ1) is 16.0. The minimum absolute atomic E-state index is 0. The zero-order valence-corrected chi connectivity index (χ0v) is 14.8. The summed E-state index contributed by atoms with van der Waals surface area (Å²) in [4.78, 5) is 0. The highest BCUT2D eigenvalue weighted by atomic mass is 127. The number of hydrogen-bond acceptors (Lipinski definition) is 0. The largest absolute Gasteiger partial charge is 1.00 e. The Labute approximate surface area is 144 Å². The first-order chi connectivity index (χ1) is 9.54. The SMILES string of the molecule is C[N+](C)(C)c1ccc(/C=C2/C=Cc3ccccc32)cc1.[I-]. The van der Waals surface area contributed by atoms with Gasteiger partial charge in [0.25, 0.3) is 0 Å². The molecule has 0 amide bonds. The second-order valence-electron chi connectivity index (χ2n) is 6.12. The van der Waals surface area contributed by atoms with Crippen molar-refractivity contribution >= 4 is 23.4 Å². The van der Waals surface area contributed by atoms with Gasteiger partial charge in [-0.3, -0.25) is 4.48 Å². The van der Waals surface area contributed by atoms with Crippen LogP contribution in [0.2, 0.25) is 0 Å². The van der Waals surface area contributed by atoms with Crippen molar-refractivity contribution in [2.45, 2.75) is 0 Å². The third-order valence-corrected chi connectivity index (χ3v) is 3.70. The third kappa shape index (κ3) is 3.44. The smallest absolute Gasteiger partial charge is 0.132 e. The monoisotopic (exact) mass is 389 g/mol. The molecular formula is C19H20IN. The molecule has 0 radical (unpaired) electrons. The molecule has 0 saturated carbocycles. The van der Waals surface area contributed by atoms with Crippen molar-refractivity contribution < 1.29 is 24.0 Å². The third-order valence-electron chi connectivity index (χ3n) is 3.70. The molecule has 108 valence electrons. The molecule has 1 nitrogen and oxygen atoms in total. The molecule has 0 spiro atoms. The zero-order valence-electron chi connectivity index (χ0n) is 12.7. The maximum atomic E-state index is 2.25. The van der Waals surface area contributed by atoms with E-state index in [0.717, 1.165) is 4.48 Å². The maximum Gasteiger partial charge on any atom is 0.132 e. The lowest BCUT2D eigenvalue weighted by atomic mass is 10.0. The van der Waals surface area contributed by atoms with E-state index in [9.17, 15) is 0 Å². The van der Waals surface area contributed by atoms with Crippen molar-refractivity contribution in [2.24, 2.45) is 0 Å². The number of allylic oxidation sites excluding steroid dienone is 2. The van der Waals surface area contributed by atoms with E-state index in [1.807, 2.05) is 0 Å². The Hall–Kier alpha value is -1.39. The Morgan fingerprint density at radius 2 is 1.48 bits per heavy atom. The summed E-state index contributed by atoms with van der Waals surface area (Å²) in [5.74, 6) is 0. The van der Waals surface area contributed by atoms with E-state index in [1.165, 1.54) is 28.0 Å². The minimum Gasteiger partial charge on any atom is -1.00 e. The summed E-state index contributed by atoms with van der Waals surface area (Å²) in [6.45, 7) is 0. The van der Waals surface area contributed by atoms with Crippen LogP contribution in [-0.2, 0) is 0 Å². The molecule has 0 fully saturated rings. The maximum absolute atomic E-state index is 2.25. The van der Waals surface area contributed by atoms with Gasteiger partial charge in [0.1, 0.15) is 5.69 Å². The van der Waals surface area contributed by atoms with Gasteiger partial charge in [-0.2, -0.15) is 0 Å². The van der Waals surface area contributed by atoms with Crippen LogP contribution in [0.25, 0.3) is 17.7 Å². The van der Waals surface area contributed by atoms with Crippen molar-refractivity contribution in [3.63, 3.8) is 0 Å². The molecular weight excluding hydrogens is 369 g/mol. The van der Waals surface area contributed by atoms with Gasteiger partial charge < -0.3 is 24.0 Å². The van der Waals surface area contributed by atoms with Crippen LogP contribution in [0.3, 0.4) is 0 Å². The fourth-order valence-corrected chi connectivity index (χ4v) is 2.50. The second kappa shape index (κ2) is 6.16. The summed E-state index contributed by atoms with van der Waals surface area (Å²) in [7, 11) is 6.55. The highest BCUT2D eigenvalue weighted by molar-refractivity contribution is 5.97. The molecule has 2 aromatic carbocycles. The van der Waals surface area contributed by atoms with Crippen LogP contribution in [0.1, 0.15) is 16.7 Å². The Balaban J connectivity index is 0.00000161. The van der Waals surface area contributed by atoms with Gasteiger partial charge in [-0.05, 0) is 52.6 Å². The van der Waals surface area contributed by atoms with Gasteiger partial charge in [0, 0.05) is 0 Å². The molecule has 21 heavy (non-hydrogen) atoms. The lowest BCUT2D eigenvalue weighted by molar-refractivity contribution is -0.00000411. The van der Waals surface area contributed by atoms with Crippen LogP contribution >= 0.6 is 0 Å². The van der Waals surface area contributed by atoms with Crippen LogP contribution < -0.4 is 28.5 Å². The predicted molar refractivity (Wildman–Crippen MR) is 89.4 cm³/mol. The number of quaternary nitrogens is 1. The first-order valence-electron chi connectivity index (χ1n) is 6.95. The van der Waals surface area contributed by atoms with Crippen molar-refractivity contribution in [1.82, 2.24) is 4.48 Å². The fourth-order valence-electron chi connectivity index (χ4n) is 2.50. The average molecular weight is 389 g/mol. The number of hydrogen-bond donors (Lipinski definition) is 0. The van der Waals surface area contributed by atoms with Gasteiger partial charge in [0.2, 0.25) is 0 Å². The van der Waals surface area contributed by atoms with Gasteiger partial charge in [-0.15, -0.1) is 0 Å². The second-order valence-corrected chi connectivity index (χ2v) is 6.12. The Kier molecular flexibility index (Phi) is 4.69. The van der Waals surface area contributed by atoms with Crippen molar-refractivity contribution in [3.05, 3.63) is 71.3 Å². The molecule has 2 heteroatoms. The highest BCUT2D eigenvalue weighted by Crippen LogP contribution is 2.30. The van der Waals surface area contributed by atoms with E-state index in [4.69, 9.17) is 0 Å². The summed E-state index contributed by atoms with van der Waals surface area (Å²) in [6.07, 6.45) is 6.63. The summed E-state index contributed by atoms with van der Waals surface area (Å²) < 4.78 is 0.847. The van der Waals surface area contributed by atoms with Crippen LogP contribution in [0.5, 0.6) is 0 Å². The molecule has 0 atom stereocenters. The highest BCUT2D eigenvalue weighted by Gasteiger charge is 2.12. The molecule has 1 aliphatic rings. The van der Waals surface area contributed by atoms with Gasteiger partial charge in [-0.25, -0.2) is 0 Å². The molecule has 0 N–H and O–H groups in total. The van der Waals surface area contributed by atoms with Crippen LogP contribution in [-0.4, -0.2) is 21.1 Å². The Morgan fingerprint density at radius 3 is 2.14 bits per heavy atom. The van der Waals surface area contributed by atoms with E-state index in [2.05, 4.69) is 87.9 Å². The van der Waals surface area contributed by atoms with E-state index in [0.29, 0.717) is 0 Å². The quantitative estimate of drug-likeness (QED) is 0.539. The molecule has 0 heterocycles. The van der Waals surface area contributed by atoms with E-state index >= 15 is 0 Å². The summed E-state index contributed by atoms with van der Waals surface area (Å²) in [5, 5.41) is 0. The summed E-state index contributed by atoms with van der Waals surface area (Å²) >= 11 is 0. The topological polar surface area (TPSA) is 0 Å². The Bertz CT molecular complexity index is 688. The number of fused-ring (bicyclic) bond motifs is 1. The molecule has 0 unspecified atom stereocenters. The number of rotatable bonds is 2. The van der Waals surface area contributed by atoms with Gasteiger partial charge in [0.15, 0.2) is 0 Å². The molecule has 2 aromatic rings. The normalized spacial score (nSPS) is 14.9. The first-order valence-corrected chi connectivity index (χ1v) is 6.95. The number of nitrogens with zero attached hydrogens (tertiary/aromatic N) is 1. The van der Waals surface area contributed by atoms with Gasteiger partial charge in [0.05, 0.1) is 21.1 Å². The van der Waals surface area contributed by atoms with E-state index in [-0.39, 0.29) is 24.0 Å². The van der Waals surface area contributed by atoms with E-state index in [1.54, 1.807) is 0 Å².